The normalized spacial score (nSPS) is 12.7. The smallest absolute Gasteiger partial charge is 0.0701 e. The lowest BCUT2D eigenvalue weighted by Gasteiger charge is -2.18. The summed E-state index contributed by atoms with van der Waals surface area (Å²) < 4.78 is 10.5. The minimum atomic E-state index is -0.0528. The fourth-order valence-electron chi connectivity index (χ4n) is 2.02. The van der Waals surface area contributed by atoms with Crippen molar-refractivity contribution in [3.05, 3.63) is 42.2 Å². The van der Waals surface area contributed by atoms with Crippen molar-refractivity contribution in [2.24, 2.45) is 5.84 Å². The number of methoxy groups -OCH3 is 1. The fourth-order valence-corrected chi connectivity index (χ4v) is 2.02. The first-order valence-electron chi connectivity index (χ1n) is 6.22. The molecule has 0 saturated carbocycles. The van der Waals surface area contributed by atoms with E-state index in [0.717, 1.165) is 16.3 Å². The Morgan fingerprint density at radius 3 is 3.00 bits per heavy atom. The Morgan fingerprint density at radius 2 is 2.21 bits per heavy atom. The van der Waals surface area contributed by atoms with Crippen molar-refractivity contribution in [3.8, 4) is 0 Å². The van der Waals surface area contributed by atoms with Crippen molar-refractivity contribution in [3.63, 3.8) is 0 Å². The number of fused-ring (bicyclic) bond motifs is 1. The highest BCUT2D eigenvalue weighted by Gasteiger charge is 2.12. The molecule has 1 heterocycles. The number of hydrogen-bond acceptors (Lipinski definition) is 5. The van der Waals surface area contributed by atoms with Crippen LogP contribution in [0.2, 0.25) is 0 Å². The van der Waals surface area contributed by atoms with Crippen LogP contribution in [0.15, 0.2) is 36.7 Å². The van der Waals surface area contributed by atoms with E-state index in [4.69, 9.17) is 15.3 Å². The first kappa shape index (κ1) is 13.9. The summed E-state index contributed by atoms with van der Waals surface area (Å²) in [6.45, 7) is 1.64. The Balaban J connectivity index is 2.16. The van der Waals surface area contributed by atoms with Crippen LogP contribution in [0.4, 0.5) is 0 Å². The van der Waals surface area contributed by atoms with Crippen LogP contribution in [-0.4, -0.2) is 31.9 Å². The van der Waals surface area contributed by atoms with Crippen LogP contribution in [-0.2, 0) is 9.47 Å². The second-order valence-corrected chi connectivity index (χ2v) is 4.23. The van der Waals surface area contributed by atoms with Crippen LogP contribution < -0.4 is 11.3 Å². The predicted molar refractivity (Wildman–Crippen MR) is 74.5 cm³/mol. The number of hydrogen-bond donors (Lipinski definition) is 2. The van der Waals surface area contributed by atoms with Crippen molar-refractivity contribution < 1.29 is 9.47 Å². The molecular weight excluding hydrogens is 242 g/mol. The SMILES string of the molecule is COCCOCC(NN)c1cccc2cnccc12. The molecule has 1 aromatic carbocycles. The summed E-state index contributed by atoms with van der Waals surface area (Å²) >= 11 is 0. The molecule has 0 saturated heterocycles. The molecule has 5 nitrogen and oxygen atoms in total. The molecule has 1 aromatic heterocycles. The molecule has 2 rings (SSSR count). The summed E-state index contributed by atoms with van der Waals surface area (Å²) in [4.78, 5) is 4.13. The van der Waals surface area contributed by atoms with Crippen molar-refractivity contribution in [1.82, 2.24) is 10.4 Å². The first-order valence-corrected chi connectivity index (χ1v) is 6.22. The van der Waals surface area contributed by atoms with Crippen LogP contribution in [0.1, 0.15) is 11.6 Å². The zero-order valence-corrected chi connectivity index (χ0v) is 11.0. The molecule has 1 unspecified atom stereocenters. The highest BCUT2D eigenvalue weighted by atomic mass is 16.5. The average Bonchev–Trinajstić information content (AvgIpc) is 2.47. The second kappa shape index (κ2) is 7.16. The standard InChI is InChI=1S/C14H19N3O2/c1-18-7-8-19-10-14(17-15)13-4-2-3-11-9-16-6-5-12(11)13/h2-6,9,14,17H,7-8,10,15H2,1H3. The minimum Gasteiger partial charge on any atom is -0.382 e. The lowest BCUT2D eigenvalue weighted by atomic mass is 10.0. The summed E-state index contributed by atoms with van der Waals surface area (Å²) in [5.41, 5.74) is 3.91. The maximum absolute atomic E-state index is 5.63. The number of aromatic nitrogens is 1. The molecular formula is C14H19N3O2. The van der Waals surface area contributed by atoms with Gasteiger partial charge in [-0.15, -0.1) is 0 Å². The molecule has 1 atom stereocenters. The van der Waals surface area contributed by atoms with E-state index in [0.29, 0.717) is 19.8 Å². The summed E-state index contributed by atoms with van der Waals surface area (Å²) in [5, 5.41) is 2.23. The van der Waals surface area contributed by atoms with Gasteiger partial charge in [0.25, 0.3) is 0 Å². The third kappa shape index (κ3) is 3.48. The summed E-state index contributed by atoms with van der Waals surface area (Å²) in [5.74, 6) is 5.63. The fraction of sp³-hybridized carbons (Fsp3) is 0.357. The van der Waals surface area contributed by atoms with Crippen LogP contribution in [0, 0.1) is 0 Å². The summed E-state index contributed by atoms with van der Waals surface area (Å²) in [6.07, 6.45) is 3.63. The minimum absolute atomic E-state index is 0.0528. The predicted octanol–water partition coefficient (Wildman–Crippen LogP) is 1.40. The molecule has 0 aliphatic carbocycles. The van der Waals surface area contributed by atoms with Gasteiger partial charge in [0.2, 0.25) is 0 Å². The molecule has 0 bridgehead atoms. The topological polar surface area (TPSA) is 69.4 Å². The third-order valence-electron chi connectivity index (χ3n) is 3.01. The van der Waals surface area contributed by atoms with Crippen LogP contribution >= 0.6 is 0 Å². The van der Waals surface area contributed by atoms with E-state index in [1.54, 1.807) is 13.3 Å². The number of hydrazine groups is 1. The first-order chi connectivity index (χ1) is 9.36. The Bertz CT molecular complexity index is 514. The van der Waals surface area contributed by atoms with Crippen molar-refractivity contribution >= 4 is 10.8 Å². The Kier molecular flexibility index (Phi) is 5.23. The summed E-state index contributed by atoms with van der Waals surface area (Å²) in [7, 11) is 1.65. The maximum Gasteiger partial charge on any atom is 0.0701 e. The molecule has 3 N–H and O–H groups in total. The molecule has 0 radical (unpaired) electrons. The molecule has 2 aromatic rings. The molecule has 102 valence electrons. The van der Waals surface area contributed by atoms with Crippen LogP contribution in [0.3, 0.4) is 0 Å². The van der Waals surface area contributed by atoms with Gasteiger partial charge in [-0.05, 0) is 17.0 Å². The van der Waals surface area contributed by atoms with Gasteiger partial charge in [0.15, 0.2) is 0 Å². The number of nitrogens with two attached hydrogens (primary N) is 1. The van der Waals surface area contributed by atoms with E-state index in [1.807, 2.05) is 30.5 Å². The van der Waals surface area contributed by atoms with E-state index in [2.05, 4.69) is 10.4 Å². The highest BCUT2D eigenvalue weighted by Crippen LogP contribution is 2.23. The van der Waals surface area contributed by atoms with Crippen molar-refractivity contribution in [2.45, 2.75) is 6.04 Å². The second-order valence-electron chi connectivity index (χ2n) is 4.23. The monoisotopic (exact) mass is 261 g/mol. The number of nitrogens with one attached hydrogen (secondary N) is 1. The molecule has 0 spiro atoms. The highest BCUT2D eigenvalue weighted by molar-refractivity contribution is 5.85. The maximum atomic E-state index is 5.63. The molecule has 5 heteroatoms. The van der Waals surface area contributed by atoms with Gasteiger partial charge >= 0.3 is 0 Å². The van der Waals surface area contributed by atoms with E-state index < -0.39 is 0 Å². The Hall–Kier alpha value is -1.53. The van der Waals surface area contributed by atoms with E-state index in [1.165, 1.54) is 0 Å². The third-order valence-corrected chi connectivity index (χ3v) is 3.01. The van der Waals surface area contributed by atoms with Crippen LogP contribution in [0.25, 0.3) is 10.8 Å². The average molecular weight is 261 g/mol. The van der Waals surface area contributed by atoms with Crippen molar-refractivity contribution in [2.75, 3.05) is 26.9 Å². The van der Waals surface area contributed by atoms with E-state index in [-0.39, 0.29) is 6.04 Å². The lowest BCUT2D eigenvalue weighted by molar-refractivity contribution is 0.0588. The van der Waals surface area contributed by atoms with Gasteiger partial charge in [0.1, 0.15) is 0 Å². The summed E-state index contributed by atoms with van der Waals surface area (Å²) in [6, 6.07) is 8.02. The van der Waals surface area contributed by atoms with Crippen molar-refractivity contribution in [1.29, 1.82) is 0 Å². The van der Waals surface area contributed by atoms with E-state index >= 15 is 0 Å². The van der Waals surface area contributed by atoms with E-state index in [9.17, 15) is 0 Å². The van der Waals surface area contributed by atoms with Gasteiger partial charge in [-0.3, -0.25) is 16.3 Å². The largest absolute Gasteiger partial charge is 0.382 e. The zero-order valence-electron chi connectivity index (χ0n) is 11.0. The number of pyridine rings is 1. The van der Waals surface area contributed by atoms with Gasteiger partial charge in [0.05, 0.1) is 25.9 Å². The quantitative estimate of drug-likeness (QED) is 0.448. The van der Waals surface area contributed by atoms with Gasteiger partial charge in [-0.25, -0.2) is 0 Å². The molecule has 0 aliphatic heterocycles. The number of ether oxygens (including phenoxy) is 2. The zero-order chi connectivity index (χ0) is 13.5. The molecule has 0 aliphatic rings. The van der Waals surface area contributed by atoms with Gasteiger partial charge in [-0.1, -0.05) is 18.2 Å². The number of benzene rings is 1. The Labute approximate surface area is 112 Å². The van der Waals surface area contributed by atoms with Gasteiger partial charge < -0.3 is 9.47 Å². The molecule has 19 heavy (non-hydrogen) atoms. The Morgan fingerprint density at radius 1 is 1.32 bits per heavy atom. The van der Waals surface area contributed by atoms with Gasteiger partial charge in [-0.2, -0.15) is 0 Å². The number of rotatable bonds is 7. The molecule has 0 amide bonds. The lowest BCUT2D eigenvalue weighted by Crippen LogP contribution is -2.31. The molecule has 0 fully saturated rings. The van der Waals surface area contributed by atoms with Crippen LogP contribution in [0.5, 0.6) is 0 Å². The van der Waals surface area contributed by atoms with Gasteiger partial charge in [0, 0.05) is 24.9 Å². The number of nitrogens with zero attached hydrogens (tertiary/aromatic N) is 1.